The van der Waals surface area contributed by atoms with Gasteiger partial charge in [-0.2, -0.15) is 0 Å². The zero-order valence-corrected chi connectivity index (χ0v) is 9.82. The molecule has 2 rings (SSSR count). The van der Waals surface area contributed by atoms with Gasteiger partial charge in [0.15, 0.2) is 0 Å². The number of rotatable bonds is 2. The first-order valence-corrected chi connectivity index (χ1v) is 6.79. The van der Waals surface area contributed by atoms with Gasteiger partial charge in [0.1, 0.15) is 0 Å². The molecule has 2 aliphatic carbocycles. The molecule has 0 unspecified atom stereocenters. The molecule has 0 fully saturated rings. The van der Waals surface area contributed by atoms with Crippen LogP contribution >= 0.6 is 7.60 Å². The van der Waals surface area contributed by atoms with Gasteiger partial charge in [-0.25, -0.2) is 0 Å². The first kappa shape index (κ1) is 14.9. The summed E-state index contributed by atoms with van der Waals surface area (Å²) in [5, 5.41) is 0. The van der Waals surface area contributed by atoms with Crippen LogP contribution in [0.2, 0.25) is 0 Å². The van der Waals surface area contributed by atoms with Gasteiger partial charge < -0.3 is 9.79 Å². The summed E-state index contributed by atoms with van der Waals surface area (Å²) in [6, 6.07) is 11.4. The molecule has 0 heterocycles. The summed E-state index contributed by atoms with van der Waals surface area (Å²) in [6.45, 7) is 1.95. The molecular weight excluding hydrogens is 246 g/mol. The maximum absolute atomic E-state index is 11.0. The third-order valence-electron chi connectivity index (χ3n) is 2.58. The van der Waals surface area contributed by atoms with Crippen LogP contribution in [0.5, 0.6) is 0 Å². The second kappa shape index (κ2) is 5.66. The monoisotopic (exact) mass is 260 g/mol. The molecule has 0 spiro atoms. The van der Waals surface area contributed by atoms with Crippen LogP contribution in [0.25, 0.3) is 11.1 Å². The van der Waals surface area contributed by atoms with Crippen molar-refractivity contribution >= 4 is 37.2 Å². The quantitative estimate of drug-likeness (QED) is 0.642. The molecular formula is C12H14NaO3P. The van der Waals surface area contributed by atoms with Crippen LogP contribution in [0.15, 0.2) is 36.4 Å². The standard InChI is InChI=1S/C12H13O3P.Na.H/c1-9-7-10(8-16(13,14)15)12-6-4-2-3-5-11(9)12;;/h2-7H,8H2,1H3,(H2,13,14,15);;. The van der Waals surface area contributed by atoms with E-state index in [2.05, 4.69) is 0 Å². The van der Waals surface area contributed by atoms with Crippen LogP contribution < -0.4 is 0 Å². The normalized spacial score (nSPS) is 11.2. The first-order chi connectivity index (χ1) is 7.47. The van der Waals surface area contributed by atoms with E-state index >= 15 is 0 Å². The molecule has 0 saturated heterocycles. The van der Waals surface area contributed by atoms with Crippen LogP contribution in [-0.4, -0.2) is 39.3 Å². The summed E-state index contributed by atoms with van der Waals surface area (Å²) in [7, 11) is -4.00. The Balaban J connectivity index is 0.00000144. The zero-order valence-electron chi connectivity index (χ0n) is 8.92. The van der Waals surface area contributed by atoms with E-state index in [1.54, 1.807) is 0 Å². The zero-order chi connectivity index (χ0) is 11.8. The molecule has 0 aromatic rings. The van der Waals surface area contributed by atoms with Crippen molar-refractivity contribution in [2.45, 2.75) is 13.1 Å². The second-order valence-corrected chi connectivity index (χ2v) is 5.56. The minimum atomic E-state index is -4.00. The van der Waals surface area contributed by atoms with Crippen LogP contribution in [0.1, 0.15) is 11.1 Å². The Kier molecular flexibility index (Phi) is 4.96. The summed E-state index contributed by atoms with van der Waals surface area (Å²) < 4.78 is 11.0. The van der Waals surface area contributed by atoms with Crippen molar-refractivity contribution in [1.82, 2.24) is 0 Å². The first-order valence-electron chi connectivity index (χ1n) is 4.99. The van der Waals surface area contributed by atoms with Crippen molar-refractivity contribution in [3.05, 3.63) is 47.5 Å². The van der Waals surface area contributed by atoms with Gasteiger partial charge in [-0.3, -0.25) is 4.57 Å². The van der Waals surface area contributed by atoms with Crippen LogP contribution in [0, 0.1) is 6.92 Å². The van der Waals surface area contributed by atoms with Crippen LogP contribution in [-0.2, 0) is 10.7 Å². The second-order valence-electron chi connectivity index (χ2n) is 3.91. The molecule has 0 bridgehead atoms. The molecule has 0 aliphatic heterocycles. The molecule has 2 aliphatic rings. The third-order valence-corrected chi connectivity index (χ3v) is 3.33. The topological polar surface area (TPSA) is 57.5 Å². The SMILES string of the molecule is Cc1cc(CP(=O)(O)O)c2cccccc1-2.[NaH]. The maximum atomic E-state index is 11.0. The molecule has 3 nitrogen and oxygen atoms in total. The van der Waals surface area contributed by atoms with Crippen molar-refractivity contribution in [3.8, 4) is 11.1 Å². The van der Waals surface area contributed by atoms with Crippen LogP contribution in [0.3, 0.4) is 0 Å². The summed E-state index contributed by atoms with van der Waals surface area (Å²) in [6.07, 6.45) is -0.193. The predicted molar refractivity (Wildman–Crippen MR) is 70.7 cm³/mol. The third kappa shape index (κ3) is 3.65. The fraction of sp³-hybridized carbons (Fsp3) is 0.167. The van der Waals surface area contributed by atoms with Crippen molar-refractivity contribution in [3.63, 3.8) is 0 Å². The fourth-order valence-electron chi connectivity index (χ4n) is 1.94. The molecule has 17 heavy (non-hydrogen) atoms. The van der Waals surface area contributed by atoms with Crippen molar-refractivity contribution in [1.29, 1.82) is 0 Å². The van der Waals surface area contributed by atoms with E-state index in [1.807, 2.05) is 43.3 Å². The Bertz CT molecular complexity index is 535. The Morgan fingerprint density at radius 1 is 1.12 bits per heavy atom. The van der Waals surface area contributed by atoms with Gasteiger partial charge in [-0.15, -0.1) is 0 Å². The van der Waals surface area contributed by atoms with Crippen LogP contribution in [0.4, 0.5) is 0 Å². The van der Waals surface area contributed by atoms with E-state index in [0.29, 0.717) is 0 Å². The average molecular weight is 260 g/mol. The number of hydrogen-bond acceptors (Lipinski definition) is 1. The van der Waals surface area contributed by atoms with Crippen molar-refractivity contribution in [2.24, 2.45) is 0 Å². The van der Waals surface area contributed by atoms with Gasteiger partial charge in [0, 0.05) is 0 Å². The molecule has 0 aromatic carbocycles. The Morgan fingerprint density at radius 2 is 1.71 bits per heavy atom. The van der Waals surface area contributed by atoms with Gasteiger partial charge in [0.25, 0.3) is 0 Å². The summed E-state index contributed by atoms with van der Waals surface area (Å²) in [5.41, 5.74) is 3.74. The van der Waals surface area contributed by atoms with Gasteiger partial charge in [0.05, 0.1) is 6.16 Å². The van der Waals surface area contributed by atoms with Gasteiger partial charge in [-0.05, 0) is 29.2 Å². The predicted octanol–water partition coefficient (Wildman–Crippen LogP) is 2.13. The molecule has 0 amide bonds. The van der Waals surface area contributed by atoms with Gasteiger partial charge >= 0.3 is 37.2 Å². The summed E-state index contributed by atoms with van der Waals surface area (Å²) >= 11 is 0. The average Bonchev–Trinajstić information content (AvgIpc) is 2.39. The van der Waals surface area contributed by atoms with E-state index in [9.17, 15) is 4.57 Å². The van der Waals surface area contributed by atoms with E-state index in [-0.39, 0.29) is 35.7 Å². The number of fused-ring (bicyclic) bond motifs is 1. The molecule has 0 radical (unpaired) electrons. The van der Waals surface area contributed by atoms with Crippen molar-refractivity contribution in [2.75, 3.05) is 0 Å². The number of hydrogen-bond donors (Lipinski definition) is 2. The molecule has 5 heteroatoms. The van der Waals surface area contributed by atoms with E-state index in [0.717, 1.165) is 22.3 Å². The molecule has 0 saturated carbocycles. The van der Waals surface area contributed by atoms with Gasteiger partial charge in [0.2, 0.25) is 0 Å². The van der Waals surface area contributed by atoms with E-state index in [4.69, 9.17) is 9.79 Å². The fourth-order valence-corrected chi connectivity index (χ4v) is 2.65. The minimum absolute atomic E-state index is 0. The van der Waals surface area contributed by atoms with E-state index < -0.39 is 7.60 Å². The van der Waals surface area contributed by atoms with Crippen molar-refractivity contribution < 1.29 is 14.4 Å². The molecule has 0 atom stereocenters. The Morgan fingerprint density at radius 3 is 2.29 bits per heavy atom. The van der Waals surface area contributed by atoms with Gasteiger partial charge in [-0.1, -0.05) is 36.4 Å². The number of aryl methyl sites for hydroxylation is 1. The molecule has 2 N–H and O–H groups in total. The Hall–Kier alpha value is -0.150. The molecule has 0 aromatic heterocycles. The van der Waals surface area contributed by atoms with E-state index in [1.165, 1.54) is 0 Å². The summed E-state index contributed by atoms with van der Waals surface area (Å²) in [5.74, 6) is 0. The Labute approximate surface area is 123 Å². The summed E-state index contributed by atoms with van der Waals surface area (Å²) in [4.78, 5) is 18.0. The molecule has 86 valence electrons.